The van der Waals surface area contributed by atoms with Gasteiger partial charge in [-0.2, -0.15) is 5.26 Å². The molecule has 11 heteroatoms. The minimum absolute atomic E-state index is 0.0773. The molecule has 224 valence electrons. The molecule has 3 saturated heterocycles. The number of piperazine rings is 1. The third-order valence-electron chi connectivity index (χ3n) is 8.30. The Morgan fingerprint density at radius 3 is 2.63 bits per heavy atom. The Balaban J connectivity index is 1.05. The first-order valence-corrected chi connectivity index (χ1v) is 14.8. The molecule has 1 amide bonds. The molecule has 2 aromatic carbocycles. The number of likely N-dealkylation sites (tertiary alicyclic amines) is 1. The number of methoxy groups -OCH3 is 1. The minimum atomic E-state index is 0.0773. The number of hydrogen-bond acceptors (Lipinski definition) is 10. The Bertz CT molecular complexity index is 1450. The minimum Gasteiger partial charge on any atom is -0.492 e. The van der Waals surface area contributed by atoms with Gasteiger partial charge >= 0.3 is 0 Å². The first-order valence-electron chi connectivity index (χ1n) is 14.8. The van der Waals surface area contributed by atoms with Crippen molar-refractivity contribution in [3.63, 3.8) is 0 Å². The summed E-state index contributed by atoms with van der Waals surface area (Å²) in [6.07, 6.45) is 2.14. The van der Waals surface area contributed by atoms with E-state index in [0.717, 1.165) is 50.6 Å². The fraction of sp³-hybridized carbons (Fsp3) is 0.438. The molecular formula is C32H37N7O4. The molecule has 3 aromatic rings. The van der Waals surface area contributed by atoms with Crippen LogP contribution in [-0.4, -0.2) is 105 Å². The van der Waals surface area contributed by atoms with Crippen LogP contribution in [0.15, 0.2) is 54.7 Å². The van der Waals surface area contributed by atoms with Crippen LogP contribution in [0, 0.1) is 17.2 Å². The van der Waals surface area contributed by atoms with Gasteiger partial charge in [0.2, 0.25) is 5.91 Å². The number of carbonyl (C=O) groups excluding carboxylic acids is 1. The fourth-order valence-electron chi connectivity index (χ4n) is 5.72. The zero-order valence-corrected chi connectivity index (χ0v) is 24.4. The summed E-state index contributed by atoms with van der Waals surface area (Å²) in [5.74, 6) is 1.85. The van der Waals surface area contributed by atoms with E-state index < -0.39 is 0 Å². The van der Waals surface area contributed by atoms with Gasteiger partial charge in [0.05, 0.1) is 38.0 Å². The van der Waals surface area contributed by atoms with Crippen molar-refractivity contribution in [2.75, 3.05) is 83.0 Å². The van der Waals surface area contributed by atoms with Crippen molar-refractivity contribution < 1.29 is 19.0 Å². The zero-order chi connectivity index (χ0) is 29.6. The maximum atomic E-state index is 12.2. The molecule has 1 unspecified atom stereocenters. The number of ether oxygens (including phenoxy) is 3. The standard InChI is InChI=1S/C32H37N7O4/c1-41-15-14-39-19-23(16-31(39)40)20-43-29-7-2-24(17-25(29)18-33)32-34-9-8-30(36-32)35-26-3-5-27(6-4-26)37-10-12-38(13-11-37)28-21-42-22-28/h2-9,17,23,28H,10-16,19-22H2,1H3,(H,34,35,36). The molecular weight excluding hydrogens is 546 g/mol. The third kappa shape index (κ3) is 6.88. The quantitative estimate of drug-likeness (QED) is 0.361. The van der Waals surface area contributed by atoms with Gasteiger partial charge in [0.15, 0.2) is 5.82 Å². The number of hydrogen-bond donors (Lipinski definition) is 1. The van der Waals surface area contributed by atoms with Gasteiger partial charge in [-0.05, 0) is 48.5 Å². The molecule has 0 radical (unpaired) electrons. The molecule has 0 saturated carbocycles. The topological polar surface area (TPSA) is 116 Å². The second-order valence-electron chi connectivity index (χ2n) is 11.2. The summed E-state index contributed by atoms with van der Waals surface area (Å²) < 4.78 is 16.4. The van der Waals surface area contributed by atoms with E-state index in [1.807, 2.05) is 12.1 Å². The number of rotatable bonds is 11. The number of nitrogens with one attached hydrogen (secondary N) is 1. The second kappa shape index (κ2) is 13.4. The number of nitriles is 1. The van der Waals surface area contributed by atoms with Crippen LogP contribution in [0.2, 0.25) is 0 Å². The molecule has 3 fully saturated rings. The van der Waals surface area contributed by atoms with Gasteiger partial charge < -0.3 is 29.3 Å². The van der Waals surface area contributed by atoms with Crippen LogP contribution >= 0.6 is 0 Å². The lowest BCUT2D eigenvalue weighted by Crippen LogP contribution is -2.56. The molecule has 3 aliphatic rings. The van der Waals surface area contributed by atoms with Crippen molar-refractivity contribution in [1.29, 1.82) is 5.26 Å². The number of benzene rings is 2. The Hall–Kier alpha value is -4.24. The van der Waals surface area contributed by atoms with Crippen molar-refractivity contribution in [3.8, 4) is 23.2 Å². The normalized spacial score (nSPS) is 19.3. The number of nitrogens with zero attached hydrogens (tertiary/aromatic N) is 6. The Morgan fingerprint density at radius 2 is 1.91 bits per heavy atom. The number of aromatic nitrogens is 2. The average Bonchev–Trinajstić information content (AvgIpc) is 3.37. The lowest BCUT2D eigenvalue weighted by molar-refractivity contribution is -0.128. The second-order valence-corrected chi connectivity index (χ2v) is 11.2. The summed E-state index contributed by atoms with van der Waals surface area (Å²) in [7, 11) is 1.63. The van der Waals surface area contributed by atoms with Crippen molar-refractivity contribution in [2.45, 2.75) is 12.5 Å². The van der Waals surface area contributed by atoms with Crippen LogP contribution in [0.1, 0.15) is 12.0 Å². The summed E-state index contributed by atoms with van der Waals surface area (Å²) >= 11 is 0. The first kappa shape index (κ1) is 28.9. The Labute approximate surface area is 252 Å². The van der Waals surface area contributed by atoms with Crippen LogP contribution in [0.3, 0.4) is 0 Å². The highest BCUT2D eigenvalue weighted by atomic mass is 16.5. The molecule has 1 N–H and O–H groups in total. The largest absolute Gasteiger partial charge is 0.492 e. The average molecular weight is 584 g/mol. The SMILES string of the molecule is COCCN1CC(COc2ccc(-c3nccc(Nc4ccc(N5CCN(C6COC6)CC5)cc4)n3)cc2C#N)CC1=O. The van der Waals surface area contributed by atoms with E-state index in [1.165, 1.54) is 5.69 Å². The molecule has 43 heavy (non-hydrogen) atoms. The highest BCUT2D eigenvalue weighted by Crippen LogP contribution is 2.28. The predicted molar refractivity (Wildman–Crippen MR) is 162 cm³/mol. The first-order chi connectivity index (χ1) is 21.1. The highest BCUT2D eigenvalue weighted by molar-refractivity contribution is 5.78. The van der Waals surface area contributed by atoms with Crippen molar-refractivity contribution in [1.82, 2.24) is 19.8 Å². The third-order valence-corrected chi connectivity index (χ3v) is 8.30. The summed E-state index contributed by atoms with van der Waals surface area (Å²) in [5, 5.41) is 13.2. The van der Waals surface area contributed by atoms with Crippen LogP contribution in [0.25, 0.3) is 11.4 Å². The predicted octanol–water partition coefficient (Wildman–Crippen LogP) is 3.15. The Kier molecular flexibility index (Phi) is 8.98. The lowest BCUT2D eigenvalue weighted by Gasteiger charge is -2.43. The maximum absolute atomic E-state index is 12.2. The molecule has 0 bridgehead atoms. The molecule has 3 aliphatic heterocycles. The van der Waals surface area contributed by atoms with E-state index in [9.17, 15) is 10.1 Å². The molecule has 1 atom stereocenters. The van der Waals surface area contributed by atoms with E-state index in [0.29, 0.717) is 61.7 Å². The number of amides is 1. The molecule has 0 aliphatic carbocycles. The smallest absolute Gasteiger partial charge is 0.223 e. The Morgan fingerprint density at radius 1 is 1.09 bits per heavy atom. The molecule has 6 rings (SSSR count). The maximum Gasteiger partial charge on any atom is 0.223 e. The van der Waals surface area contributed by atoms with E-state index in [4.69, 9.17) is 19.2 Å². The summed E-state index contributed by atoms with van der Waals surface area (Å²) in [5.41, 5.74) is 3.27. The number of carbonyl (C=O) groups is 1. The summed E-state index contributed by atoms with van der Waals surface area (Å²) in [6, 6.07) is 18.4. The van der Waals surface area contributed by atoms with Crippen LogP contribution in [-0.2, 0) is 14.3 Å². The highest BCUT2D eigenvalue weighted by Gasteiger charge is 2.30. The van der Waals surface area contributed by atoms with Gasteiger partial charge in [0, 0.05) is 81.9 Å². The van der Waals surface area contributed by atoms with E-state index in [2.05, 4.69) is 50.4 Å². The van der Waals surface area contributed by atoms with E-state index in [1.54, 1.807) is 30.3 Å². The van der Waals surface area contributed by atoms with Gasteiger partial charge in [-0.1, -0.05) is 0 Å². The van der Waals surface area contributed by atoms with E-state index in [-0.39, 0.29) is 11.8 Å². The van der Waals surface area contributed by atoms with Crippen molar-refractivity contribution >= 4 is 23.1 Å². The van der Waals surface area contributed by atoms with Crippen molar-refractivity contribution in [2.24, 2.45) is 5.92 Å². The van der Waals surface area contributed by atoms with E-state index >= 15 is 0 Å². The summed E-state index contributed by atoms with van der Waals surface area (Å²) in [4.78, 5) is 28.1. The lowest BCUT2D eigenvalue weighted by atomic mass is 10.1. The zero-order valence-electron chi connectivity index (χ0n) is 24.4. The summed E-state index contributed by atoms with van der Waals surface area (Å²) in [6.45, 7) is 7.98. The van der Waals surface area contributed by atoms with Crippen LogP contribution in [0.5, 0.6) is 5.75 Å². The van der Waals surface area contributed by atoms with Gasteiger partial charge in [0.25, 0.3) is 0 Å². The van der Waals surface area contributed by atoms with Gasteiger partial charge in [-0.15, -0.1) is 0 Å². The van der Waals surface area contributed by atoms with Gasteiger partial charge in [-0.25, -0.2) is 9.97 Å². The van der Waals surface area contributed by atoms with Crippen molar-refractivity contribution in [3.05, 3.63) is 60.3 Å². The molecule has 0 spiro atoms. The van der Waals surface area contributed by atoms with Gasteiger partial charge in [0.1, 0.15) is 17.6 Å². The molecule has 1 aromatic heterocycles. The monoisotopic (exact) mass is 583 g/mol. The van der Waals surface area contributed by atoms with Crippen LogP contribution < -0.4 is 15.0 Å². The van der Waals surface area contributed by atoms with Crippen LogP contribution in [0.4, 0.5) is 17.2 Å². The number of anilines is 3. The van der Waals surface area contributed by atoms with Gasteiger partial charge in [-0.3, -0.25) is 9.69 Å². The molecule has 11 nitrogen and oxygen atoms in total. The molecule has 4 heterocycles. The fourth-order valence-corrected chi connectivity index (χ4v) is 5.72.